The van der Waals surface area contributed by atoms with Gasteiger partial charge in [0.15, 0.2) is 11.4 Å². The molecule has 3 N–H and O–H groups in total. The van der Waals surface area contributed by atoms with Gasteiger partial charge in [0.2, 0.25) is 0 Å². The molecule has 2 aromatic heterocycles. The molecule has 0 atom stereocenters. The third-order valence-corrected chi connectivity index (χ3v) is 8.68. The Kier molecular flexibility index (Phi) is 13.2. The van der Waals surface area contributed by atoms with E-state index < -0.39 is 11.4 Å². The van der Waals surface area contributed by atoms with Crippen LogP contribution in [0.3, 0.4) is 0 Å². The Morgan fingerprint density at radius 3 is 1.88 bits per heavy atom. The van der Waals surface area contributed by atoms with Crippen molar-refractivity contribution in [2.24, 2.45) is 20.5 Å². The molecule has 4 aromatic carbocycles. The van der Waals surface area contributed by atoms with Crippen LogP contribution in [0.4, 0.5) is 22.7 Å². The van der Waals surface area contributed by atoms with Crippen LogP contribution in [0.2, 0.25) is 30.1 Å². The van der Waals surface area contributed by atoms with Crippen LogP contribution >= 0.6 is 69.6 Å². The molecule has 0 aliphatic rings. The van der Waals surface area contributed by atoms with E-state index in [2.05, 4.69) is 30.7 Å². The summed E-state index contributed by atoms with van der Waals surface area (Å²) < 4.78 is 2.44. The SMILES string of the molecule is Cc1[nH]n(-c2ccc(Cl)c(Cl)c2)c(=O)c1N=Nc1cc(Cl)ccc1[O-].Cc1nn(-c2ccc(Cl)c(Cl)c2)c([O-])c1N=Nc1cc(Cl)ccc1[OH2+].[Fe+3]. The number of aromatic nitrogens is 4. The number of azo groups is 2. The summed E-state index contributed by atoms with van der Waals surface area (Å²) >= 11 is 35.5. The predicted octanol–water partition coefficient (Wildman–Crippen LogP) is 9.99. The molecule has 0 saturated heterocycles. The number of nitrogens with one attached hydrogen (secondary N) is 1. The van der Waals surface area contributed by atoms with Crippen molar-refractivity contribution in [2.45, 2.75) is 13.8 Å². The molecule has 261 valence electrons. The van der Waals surface area contributed by atoms with E-state index in [9.17, 15) is 15.0 Å². The van der Waals surface area contributed by atoms with Gasteiger partial charge in [0.05, 0.1) is 48.5 Å². The zero-order valence-electron chi connectivity index (χ0n) is 25.9. The van der Waals surface area contributed by atoms with Gasteiger partial charge in [0, 0.05) is 22.0 Å². The molecule has 0 amide bonds. The third-order valence-electron chi connectivity index (χ3n) is 6.73. The Hall–Kier alpha value is -4.04. The molecule has 51 heavy (non-hydrogen) atoms. The Morgan fingerprint density at radius 1 is 0.686 bits per heavy atom. The van der Waals surface area contributed by atoms with Crippen LogP contribution in [0.1, 0.15) is 11.4 Å². The second-order valence-electron chi connectivity index (χ2n) is 10.2. The molecular weight excluding hydrogens is 829 g/mol. The van der Waals surface area contributed by atoms with Crippen molar-refractivity contribution in [3.8, 4) is 28.8 Å². The van der Waals surface area contributed by atoms with Crippen molar-refractivity contribution in [2.75, 3.05) is 0 Å². The van der Waals surface area contributed by atoms with Gasteiger partial charge in [-0.3, -0.25) is 9.89 Å². The van der Waals surface area contributed by atoms with Crippen LogP contribution < -0.4 is 15.8 Å². The Morgan fingerprint density at radius 2 is 1.24 bits per heavy atom. The summed E-state index contributed by atoms with van der Waals surface area (Å²) in [7, 11) is 0. The van der Waals surface area contributed by atoms with E-state index in [0.717, 1.165) is 0 Å². The van der Waals surface area contributed by atoms with E-state index in [0.29, 0.717) is 52.9 Å². The molecule has 0 bridgehead atoms. The van der Waals surface area contributed by atoms with Crippen LogP contribution in [0, 0.1) is 13.8 Å². The maximum absolute atomic E-state index is 12.6. The minimum absolute atomic E-state index is 0. The van der Waals surface area contributed by atoms with Gasteiger partial charge in [-0.2, -0.15) is 10.2 Å². The number of H-pyrrole nitrogens is 1. The molecule has 2 heterocycles. The number of halogens is 6. The maximum atomic E-state index is 12.6. The fourth-order valence-electron chi connectivity index (χ4n) is 4.23. The van der Waals surface area contributed by atoms with Gasteiger partial charge in [0.25, 0.3) is 11.3 Å². The van der Waals surface area contributed by atoms with Gasteiger partial charge in [-0.25, -0.2) is 9.36 Å². The molecule has 0 saturated carbocycles. The fraction of sp³-hybridized carbons (Fsp3) is 0.0625. The van der Waals surface area contributed by atoms with Crippen molar-refractivity contribution in [1.82, 2.24) is 19.6 Å². The smallest absolute Gasteiger partial charge is 0.871 e. The average molecular weight is 850 g/mol. The number of nitrogens with zero attached hydrogens (tertiary/aromatic N) is 7. The zero-order chi connectivity index (χ0) is 36.3. The standard InChI is InChI=1S/2C16H11Cl3N4O2.Fe/c2*1-8-15(21-20-13-6-9(17)2-5-14(13)24)16(25)23(22-8)10-3-4-11(18)12(19)7-10;/h2-7,24-25H,1H3;2-7,22,24H,1H3;/q;;+3/p-1. The normalized spacial score (nSPS) is 11.1. The summed E-state index contributed by atoms with van der Waals surface area (Å²) in [6, 6.07) is 18.2. The maximum Gasteiger partial charge on any atom is 3.00 e. The van der Waals surface area contributed by atoms with Crippen molar-refractivity contribution in [3.05, 3.63) is 125 Å². The van der Waals surface area contributed by atoms with E-state index in [4.69, 9.17) is 74.7 Å². The van der Waals surface area contributed by atoms with Crippen LogP contribution in [-0.4, -0.2) is 24.7 Å². The molecule has 1 radical (unpaired) electrons. The second kappa shape index (κ2) is 17.0. The number of hydrogen-bond acceptors (Lipinski definition) is 8. The quantitative estimate of drug-likeness (QED) is 0.0998. The van der Waals surface area contributed by atoms with E-state index in [1.54, 1.807) is 50.2 Å². The molecule has 6 rings (SSSR count). The van der Waals surface area contributed by atoms with Gasteiger partial charge >= 0.3 is 17.1 Å². The number of aryl methyl sites for hydroxylation is 2. The number of aromatic amines is 1. The van der Waals surface area contributed by atoms with Gasteiger partial charge in [0.1, 0.15) is 5.69 Å². The number of benzene rings is 4. The summed E-state index contributed by atoms with van der Waals surface area (Å²) in [5, 5.41) is 57.0. The van der Waals surface area contributed by atoms with Gasteiger partial charge in [-0.15, -0.1) is 15.3 Å². The predicted molar refractivity (Wildman–Crippen MR) is 193 cm³/mol. The van der Waals surface area contributed by atoms with Crippen LogP contribution in [0.5, 0.6) is 17.4 Å². The fourth-order valence-corrected chi connectivity index (χ4v) is 5.15. The first-order valence-electron chi connectivity index (χ1n) is 14.0. The molecule has 12 nitrogen and oxygen atoms in total. The minimum atomic E-state index is -0.451. The second-order valence-corrected chi connectivity index (χ2v) is 12.7. The number of rotatable bonds is 6. The van der Waals surface area contributed by atoms with Crippen LogP contribution in [-0.2, 0) is 17.1 Å². The zero-order valence-corrected chi connectivity index (χ0v) is 31.5. The Labute approximate surface area is 330 Å². The van der Waals surface area contributed by atoms with Crippen molar-refractivity contribution >= 4 is 92.4 Å². The Balaban J connectivity index is 0.000000224. The topological polar surface area (TPSA) is 174 Å². The summed E-state index contributed by atoms with van der Waals surface area (Å²) in [5.74, 6) is -0.644. The number of hydrogen-bond donors (Lipinski definition) is 1. The first-order valence-corrected chi connectivity index (χ1v) is 16.3. The van der Waals surface area contributed by atoms with Crippen molar-refractivity contribution in [3.63, 3.8) is 0 Å². The average Bonchev–Trinajstić information content (AvgIpc) is 3.53. The largest absolute Gasteiger partial charge is 3.00 e. The molecule has 0 aliphatic carbocycles. The van der Waals surface area contributed by atoms with E-state index in [1.165, 1.54) is 45.8 Å². The van der Waals surface area contributed by atoms with E-state index in [1.807, 2.05) is 0 Å². The molecule has 0 spiro atoms. The van der Waals surface area contributed by atoms with Gasteiger partial charge < -0.3 is 15.3 Å². The van der Waals surface area contributed by atoms with Crippen molar-refractivity contribution in [1.29, 1.82) is 0 Å². The molecular formula is C32H21Cl6FeN8O4+2. The van der Waals surface area contributed by atoms with Crippen LogP contribution in [0.25, 0.3) is 11.4 Å². The van der Waals surface area contributed by atoms with Gasteiger partial charge in [-0.1, -0.05) is 81.4 Å². The summed E-state index contributed by atoms with van der Waals surface area (Å²) in [4.78, 5) is 12.6. The molecule has 0 unspecified atom stereocenters. The van der Waals surface area contributed by atoms with E-state index in [-0.39, 0.29) is 51.3 Å². The van der Waals surface area contributed by atoms with Crippen molar-refractivity contribution < 1.29 is 32.4 Å². The molecule has 0 aliphatic heterocycles. The summed E-state index contributed by atoms with van der Waals surface area (Å²) in [6.07, 6.45) is 0. The molecule has 19 heteroatoms. The Bertz CT molecular complexity index is 2360. The summed E-state index contributed by atoms with van der Waals surface area (Å²) in [6.45, 7) is 3.31. The molecule has 0 fully saturated rings. The summed E-state index contributed by atoms with van der Waals surface area (Å²) in [5.41, 5.74) is 1.86. The van der Waals surface area contributed by atoms with Crippen LogP contribution in [0.15, 0.2) is 98.0 Å². The minimum Gasteiger partial charge on any atom is -0.871 e. The first-order chi connectivity index (χ1) is 23.7. The first kappa shape index (κ1) is 39.7. The van der Waals surface area contributed by atoms with Gasteiger partial charge in [-0.05, 0) is 74.5 Å². The monoisotopic (exact) mass is 847 g/mol. The third kappa shape index (κ3) is 9.26. The molecule has 6 aromatic rings. The van der Waals surface area contributed by atoms with E-state index >= 15 is 0 Å².